The van der Waals surface area contributed by atoms with Gasteiger partial charge in [0.1, 0.15) is 11.9 Å². The van der Waals surface area contributed by atoms with Crippen LogP contribution in [-0.2, 0) is 19.1 Å². The van der Waals surface area contributed by atoms with Gasteiger partial charge in [0.15, 0.2) is 0 Å². The highest BCUT2D eigenvalue weighted by molar-refractivity contribution is 5.69. The van der Waals surface area contributed by atoms with Gasteiger partial charge in [-0.15, -0.1) is 0 Å². The number of fused-ring (bicyclic) bond motifs is 5. The van der Waals surface area contributed by atoms with E-state index in [0.29, 0.717) is 11.8 Å². The molecule has 4 aliphatic carbocycles. The fraction of sp³-hybridized carbons (Fsp3) is 0.545. The van der Waals surface area contributed by atoms with Crippen molar-refractivity contribution in [3.8, 4) is 0 Å². The molecule has 4 atom stereocenters. The minimum Gasteiger partial charge on any atom is -0.462 e. The zero-order valence-corrected chi connectivity index (χ0v) is 15.7. The normalized spacial score (nSPS) is 35.0. The Morgan fingerprint density at radius 2 is 1.81 bits per heavy atom. The molecule has 0 aromatic heterocycles. The van der Waals surface area contributed by atoms with E-state index in [9.17, 15) is 9.59 Å². The minimum atomic E-state index is -0.252. The molecule has 0 bridgehead atoms. The van der Waals surface area contributed by atoms with E-state index in [0.717, 1.165) is 37.9 Å². The van der Waals surface area contributed by atoms with Gasteiger partial charge in [-0.1, -0.05) is 23.8 Å². The third-order valence-electron chi connectivity index (χ3n) is 6.49. The Kier molecular flexibility index (Phi) is 4.17. The van der Waals surface area contributed by atoms with Gasteiger partial charge in [0.05, 0.1) is 5.41 Å². The average molecular weight is 354 g/mol. The number of hydrogen-bond acceptors (Lipinski definition) is 4. The van der Waals surface area contributed by atoms with Crippen LogP contribution in [0.5, 0.6) is 0 Å². The van der Waals surface area contributed by atoms with E-state index in [-0.39, 0.29) is 23.5 Å². The molecule has 2 fully saturated rings. The molecular weight excluding hydrogens is 328 g/mol. The fourth-order valence-electron chi connectivity index (χ4n) is 5.32. The van der Waals surface area contributed by atoms with Crippen molar-refractivity contribution in [2.45, 2.75) is 59.0 Å². The van der Waals surface area contributed by atoms with E-state index in [1.54, 1.807) is 0 Å². The van der Waals surface area contributed by atoms with Crippen molar-refractivity contribution >= 4 is 11.9 Å². The molecule has 4 nitrogen and oxygen atoms in total. The van der Waals surface area contributed by atoms with Crippen molar-refractivity contribution in [1.82, 2.24) is 0 Å². The predicted molar refractivity (Wildman–Crippen MR) is 97.8 cm³/mol. The number of carbonyl (C=O) groups excluding carboxylic acids is 2. The monoisotopic (exact) mass is 354 g/mol. The van der Waals surface area contributed by atoms with E-state index in [1.165, 1.54) is 30.6 Å². The average Bonchev–Trinajstić information content (AvgIpc) is 2.90. The molecule has 0 N–H and O–H groups in total. The van der Waals surface area contributed by atoms with E-state index < -0.39 is 0 Å². The Balaban J connectivity index is 1.58. The van der Waals surface area contributed by atoms with E-state index >= 15 is 0 Å². The SMILES string of the molecule is CC(=O)OC1=CC=C2C3=CC=C4CC(OC(C)=O)CC[C@@H]4[C@H]3CC[C@]12C. The lowest BCUT2D eigenvalue weighted by atomic mass is 9.59. The smallest absolute Gasteiger partial charge is 0.307 e. The van der Waals surface area contributed by atoms with Crippen LogP contribution in [0.3, 0.4) is 0 Å². The lowest BCUT2D eigenvalue weighted by Gasteiger charge is -2.46. The lowest BCUT2D eigenvalue weighted by Crippen LogP contribution is -2.37. The Hall–Kier alpha value is -2.10. The van der Waals surface area contributed by atoms with Gasteiger partial charge in [0.25, 0.3) is 0 Å². The van der Waals surface area contributed by atoms with Crippen LogP contribution >= 0.6 is 0 Å². The number of ether oxygens (including phenoxy) is 2. The van der Waals surface area contributed by atoms with Gasteiger partial charge >= 0.3 is 11.9 Å². The molecule has 0 aliphatic heterocycles. The van der Waals surface area contributed by atoms with Crippen LogP contribution in [0.1, 0.15) is 52.9 Å². The largest absolute Gasteiger partial charge is 0.462 e. The first-order chi connectivity index (χ1) is 12.4. The summed E-state index contributed by atoms with van der Waals surface area (Å²) in [5.74, 6) is 1.42. The first-order valence-corrected chi connectivity index (χ1v) is 9.58. The van der Waals surface area contributed by atoms with Gasteiger partial charge < -0.3 is 9.47 Å². The van der Waals surface area contributed by atoms with Crippen molar-refractivity contribution in [3.05, 3.63) is 46.8 Å². The van der Waals surface area contributed by atoms with Gasteiger partial charge in [0, 0.05) is 20.3 Å². The van der Waals surface area contributed by atoms with Gasteiger partial charge in [-0.25, -0.2) is 0 Å². The molecule has 0 spiro atoms. The third-order valence-corrected chi connectivity index (χ3v) is 6.49. The molecule has 4 aliphatic rings. The summed E-state index contributed by atoms with van der Waals surface area (Å²) in [6.07, 6.45) is 13.6. The standard InChI is InChI=1S/C22H26O4/c1-13(23)25-16-5-7-17-15(12-16)4-6-19-18(17)10-11-22(3)20(19)8-9-21(22)26-14(2)24/h4,6,8-9,16-18H,5,7,10-12H2,1-3H3/t16?,17-,18+,22-/m0/s1. The molecule has 4 rings (SSSR count). The molecule has 2 saturated carbocycles. The number of allylic oxidation sites excluding steroid dienone is 6. The first-order valence-electron chi connectivity index (χ1n) is 9.58. The van der Waals surface area contributed by atoms with E-state index in [2.05, 4.69) is 25.2 Å². The van der Waals surface area contributed by atoms with Gasteiger partial charge in [-0.2, -0.15) is 0 Å². The number of rotatable bonds is 2. The Morgan fingerprint density at radius 3 is 2.54 bits per heavy atom. The van der Waals surface area contributed by atoms with Crippen LogP contribution < -0.4 is 0 Å². The second kappa shape index (κ2) is 6.26. The summed E-state index contributed by atoms with van der Waals surface area (Å²) in [4.78, 5) is 22.7. The molecule has 0 radical (unpaired) electrons. The van der Waals surface area contributed by atoms with Gasteiger partial charge in [-0.3, -0.25) is 9.59 Å². The van der Waals surface area contributed by atoms with Crippen molar-refractivity contribution in [2.75, 3.05) is 0 Å². The molecular formula is C22H26O4. The molecule has 0 aromatic rings. The first kappa shape index (κ1) is 17.3. The zero-order valence-electron chi connectivity index (χ0n) is 15.7. The number of esters is 2. The Morgan fingerprint density at radius 1 is 1.00 bits per heavy atom. The van der Waals surface area contributed by atoms with E-state index in [1.807, 2.05) is 6.08 Å². The summed E-state index contributed by atoms with van der Waals surface area (Å²) in [5, 5.41) is 0. The highest BCUT2D eigenvalue weighted by Gasteiger charge is 2.48. The molecule has 0 aromatic carbocycles. The van der Waals surface area contributed by atoms with Crippen LogP contribution in [0.25, 0.3) is 0 Å². The van der Waals surface area contributed by atoms with Crippen molar-refractivity contribution in [3.63, 3.8) is 0 Å². The summed E-state index contributed by atoms with van der Waals surface area (Å²) in [6.45, 7) is 5.14. The second-order valence-corrected chi connectivity index (χ2v) is 8.17. The van der Waals surface area contributed by atoms with Gasteiger partial charge in [-0.05, 0) is 61.7 Å². The van der Waals surface area contributed by atoms with Crippen LogP contribution in [0.15, 0.2) is 46.8 Å². The number of carbonyl (C=O) groups is 2. The fourth-order valence-corrected chi connectivity index (χ4v) is 5.32. The van der Waals surface area contributed by atoms with Crippen LogP contribution in [0, 0.1) is 17.3 Å². The molecule has 4 heteroatoms. The van der Waals surface area contributed by atoms with E-state index in [4.69, 9.17) is 9.47 Å². The van der Waals surface area contributed by atoms with Crippen LogP contribution in [0.4, 0.5) is 0 Å². The van der Waals surface area contributed by atoms with Crippen molar-refractivity contribution in [1.29, 1.82) is 0 Å². The second-order valence-electron chi connectivity index (χ2n) is 8.17. The third kappa shape index (κ3) is 2.76. The number of hydrogen-bond donors (Lipinski definition) is 0. The summed E-state index contributed by atoms with van der Waals surface area (Å²) in [6, 6.07) is 0. The van der Waals surface area contributed by atoms with Crippen LogP contribution in [-0.4, -0.2) is 18.0 Å². The molecule has 1 unspecified atom stereocenters. The van der Waals surface area contributed by atoms with Crippen molar-refractivity contribution in [2.24, 2.45) is 17.3 Å². The summed E-state index contributed by atoms with van der Waals surface area (Å²) in [7, 11) is 0. The van der Waals surface area contributed by atoms with Crippen molar-refractivity contribution < 1.29 is 19.1 Å². The highest BCUT2D eigenvalue weighted by Crippen LogP contribution is 2.58. The molecule has 26 heavy (non-hydrogen) atoms. The lowest BCUT2D eigenvalue weighted by molar-refractivity contribution is -0.147. The molecule has 0 saturated heterocycles. The predicted octanol–water partition coefficient (Wildman–Crippen LogP) is 4.39. The maximum Gasteiger partial charge on any atom is 0.307 e. The highest BCUT2D eigenvalue weighted by atomic mass is 16.5. The maximum atomic E-state index is 11.4. The van der Waals surface area contributed by atoms with Crippen LogP contribution in [0.2, 0.25) is 0 Å². The maximum absolute atomic E-state index is 11.4. The Labute approximate surface area is 154 Å². The summed E-state index contributed by atoms with van der Waals surface area (Å²) in [5.41, 5.74) is 3.94. The molecule has 0 amide bonds. The summed E-state index contributed by atoms with van der Waals surface area (Å²) >= 11 is 0. The minimum absolute atomic E-state index is 0.0294. The summed E-state index contributed by atoms with van der Waals surface area (Å²) < 4.78 is 10.9. The molecule has 0 heterocycles. The van der Waals surface area contributed by atoms with Gasteiger partial charge in [0.2, 0.25) is 0 Å². The Bertz CT molecular complexity index is 782. The quantitative estimate of drug-likeness (QED) is 0.690. The molecule has 138 valence electrons. The zero-order chi connectivity index (χ0) is 18.5. The topological polar surface area (TPSA) is 52.6 Å².